The summed E-state index contributed by atoms with van der Waals surface area (Å²) >= 11 is 1.08. The molecule has 0 atom stereocenters. The van der Waals surface area contributed by atoms with Crippen molar-refractivity contribution in [1.82, 2.24) is 4.98 Å². The van der Waals surface area contributed by atoms with Crippen LogP contribution < -0.4 is 16.0 Å². The second kappa shape index (κ2) is 8.18. The Morgan fingerprint density at radius 3 is 2.39 bits per heavy atom. The number of hydrogen-bond acceptors (Lipinski definition) is 4. The molecule has 1 aromatic heterocycles. The van der Waals surface area contributed by atoms with Crippen LogP contribution in [0.25, 0.3) is 0 Å². The number of hydrogen-bond donors (Lipinski definition) is 3. The van der Waals surface area contributed by atoms with Gasteiger partial charge in [0.15, 0.2) is 5.13 Å². The molecule has 0 aliphatic rings. The molecule has 0 aliphatic heterocycles. The first-order valence-corrected chi connectivity index (χ1v) is 9.33. The standard InChI is InChI=1S/C20H19FN4O2S/c1-11-4-5-12(2)16(10-11)24-18(26)17-13(3)22-20(28-17)25-19(27)23-15-8-6-14(21)7-9-15/h4-10H,1-3H3,(H,24,26)(H2,22,23,25,27). The molecule has 0 saturated carbocycles. The number of carbonyl (C=O) groups is 2. The minimum atomic E-state index is -0.526. The number of carbonyl (C=O) groups excluding carboxylic acids is 2. The Morgan fingerprint density at radius 1 is 0.964 bits per heavy atom. The van der Waals surface area contributed by atoms with Gasteiger partial charge in [0.05, 0.1) is 5.69 Å². The average molecular weight is 398 g/mol. The molecule has 0 radical (unpaired) electrons. The van der Waals surface area contributed by atoms with E-state index >= 15 is 0 Å². The summed E-state index contributed by atoms with van der Waals surface area (Å²) in [5, 5.41) is 8.35. The van der Waals surface area contributed by atoms with Crippen LogP contribution in [0.5, 0.6) is 0 Å². The van der Waals surface area contributed by atoms with E-state index in [0.717, 1.165) is 28.2 Å². The van der Waals surface area contributed by atoms with E-state index in [-0.39, 0.29) is 11.7 Å². The van der Waals surface area contributed by atoms with Gasteiger partial charge in [0.25, 0.3) is 5.91 Å². The van der Waals surface area contributed by atoms with E-state index in [1.54, 1.807) is 6.92 Å². The van der Waals surface area contributed by atoms with Crippen LogP contribution in [0, 0.1) is 26.6 Å². The molecule has 0 bridgehead atoms. The van der Waals surface area contributed by atoms with Crippen LogP contribution >= 0.6 is 11.3 Å². The maximum absolute atomic E-state index is 12.9. The lowest BCUT2D eigenvalue weighted by Gasteiger charge is -2.08. The summed E-state index contributed by atoms with van der Waals surface area (Å²) in [6.07, 6.45) is 0. The molecule has 0 unspecified atom stereocenters. The van der Waals surface area contributed by atoms with Crippen molar-refractivity contribution in [1.29, 1.82) is 0 Å². The van der Waals surface area contributed by atoms with Crippen molar-refractivity contribution in [3.8, 4) is 0 Å². The van der Waals surface area contributed by atoms with Gasteiger partial charge in [-0.3, -0.25) is 10.1 Å². The summed E-state index contributed by atoms with van der Waals surface area (Å²) in [6.45, 7) is 5.58. The first-order chi connectivity index (χ1) is 13.3. The van der Waals surface area contributed by atoms with Gasteiger partial charge in [0, 0.05) is 11.4 Å². The zero-order valence-corrected chi connectivity index (χ0v) is 16.4. The van der Waals surface area contributed by atoms with Crippen molar-refractivity contribution in [2.24, 2.45) is 0 Å². The van der Waals surface area contributed by atoms with Gasteiger partial charge in [-0.25, -0.2) is 14.2 Å². The van der Waals surface area contributed by atoms with E-state index in [2.05, 4.69) is 20.9 Å². The summed E-state index contributed by atoms with van der Waals surface area (Å²) in [4.78, 5) is 29.3. The topological polar surface area (TPSA) is 83.1 Å². The highest BCUT2D eigenvalue weighted by atomic mass is 32.1. The normalized spacial score (nSPS) is 10.4. The maximum Gasteiger partial charge on any atom is 0.325 e. The summed E-state index contributed by atoms with van der Waals surface area (Å²) in [5.41, 5.74) is 3.70. The Morgan fingerprint density at radius 2 is 1.68 bits per heavy atom. The molecule has 0 aliphatic carbocycles. The molecular formula is C20H19FN4O2S. The summed E-state index contributed by atoms with van der Waals surface area (Å²) in [5.74, 6) is -0.670. The molecule has 2 aromatic carbocycles. The second-order valence-corrected chi connectivity index (χ2v) is 7.29. The predicted octanol–water partition coefficient (Wildman–Crippen LogP) is 5.10. The minimum Gasteiger partial charge on any atom is -0.321 e. The summed E-state index contributed by atoms with van der Waals surface area (Å²) < 4.78 is 12.9. The Kier molecular flexibility index (Phi) is 5.70. The Bertz CT molecular complexity index is 1030. The fourth-order valence-electron chi connectivity index (χ4n) is 2.50. The van der Waals surface area contributed by atoms with Gasteiger partial charge in [-0.2, -0.15) is 0 Å². The van der Waals surface area contributed by atoms with Crippen molar-refractivity contribution in [2.75, 3.05) is 16.0 Å². The molecule has 0 spiro atoms. The molecular weight excluding hydrogens is 379 g/mol. The van der Waals surface area contributed by atoms with Crippen LogP contribution in [0.1, 0.15) is 26.5 Å². The Hall–Kier alpha value is -3.26. The third kappa shape index (κ3) is 4.72. The zero-order chi connectivity index (χ0) is 20.3. The lowest BCUT2D eigenvalue weighted by atomic mass is 10.1. The van der Waals surface area contributed by atoms with Crippen molar-refractivity contribution in [3.63, 3.8) is 0 Å². The van der Waals surface area contributed by atoms with Crippen molar-refractivity contribution < 1.29 is 14.0 Å². The lowest BCUT2D eigenvalue weighted by Crippen LogP contribution is -2.19. The van der Waals surface area contributed by atoms with E-state index in [1.165, 1.54) is 24.3 Å². The summed E-state index contributed by atoms with van der Waals surface area (Å²) in [6, 6.07) is 10.7. The molecule has 3 amide bonds. The molecule has 8 heteroatoms. The highest BCUT2D eigenvalue weighted by molar-refractivity contribution is 7.17. The van der Waals surface area contributed by atoms with Crippen molar-refractivity contribution in [2.45, 2.75) is 20.8 Å². The number of urea groups is 1. The van der Waals surface area contributed by atoms with Crippen LogP contribution in [0.4, 0.5) is 25.7 Å². The highest BCUT2D eigenvalue weighted by Crippen LogP contribution is 2.25. The molecule has 28 heavy (non-hydrogen) atoms. The van der Waals surface area contributed by atoms with Crippen molar-refractivity contribution >= 4 is 39.8 Å². The first-order valence-electron chi connectivity index (χ1n) is 8.51. The molecule has 6 nitrogen and oxygen atoms in total. The number of anilines is 3. The Labute approximate surface area is 165 Å². The SMILES string of the molecule is Cc1ccc(C)c(NC(=O)c2sc(NC(=O)Nc3ccc(F)cc3)nc2C)c1. The molecule has 0 saturated heterocycles. The number of benzene rings is 2. The van der Waals surface area contributed by atoms with Gasteiger partial charge in [0.2, 0.25) is 0 Å². The molecule has 3 N–H and O–H groups in total. The van der Waals surface area contributed by atoms with Crippen LogP contribution in [0.15, 0.2) is 42.5 Å². The van der Waals surface area contributed by atoms with Crippen LogP contribution in [0.2, 0.25) is 0 Å². The number of aryl methyl sites for hydroxylation is 3. The molecule has 3 aromatic rings. The quantitative estimate of drug-likeness (QED) is 0.571. The molecule has 0 fully saturated rings. The lowest BCUT2D eigenvalue weighted by molar-refractivity contribution is 0.102. The van der Waals surface area contributed by atoms with Gasteiger partial charge >= 0.3 is 6.03 Å². The largest absolute Gasteiger partial charge is 0.325 e. The monoisotopic (exact) mass is 398 g/mol. The molecule has 1 heterocycles. The zero-order valence-electron chi connectivity index (χ0n) is 15.6. The van der Waals surface area contributed by atoms with E-state index in [1.807, 2.05) is 32.0 Å². The third-order valence-corrected chi connectivity index (χ3v) is 5.04. The number of nitrogens with one attached hydrogen (secondary N) is 3. The fraction of sp³-hybridized carbons (Fsp3) is 0.150. The number of halogens is 1. The molecule has 144 valence electrons. The van der Waals surface area contributed by atoms with E-state index in [9.17, 15) is 14.0 Å². The number of nitrogens with zero attached hydrogens (tertiary/aromatic N) is 1. The fourth-order valence-corrected chi connectivity index (χ4v) is 3.36. The van der Waals surface area contributed by atoms with E-state index < -0.39 is 6.03 Å². The second-order valence-electron chi connectivity index (χ2n) is 6.29. The molecule has 3 rings (SSSR count). The van der Waals surface area contributed by atoms with E-state index in [0.29, 0.717) is 21.4 Å². The van der Waals surface area contributed by atoms with Gasteiger partial charge in [0.1, 0.15) is 10.7 Å². The predicted molar refractivity (Wildman–Crippen MR) is 110 cm³/mol. The van der Waals surface area contributed by atoms with Gasteiger partial charge in [-0.05, 0) is 62.2 Å². The number of thiazole rings is 1. The average Bonchev–Trinajstić information content (AvgIpc) is 3.00. The van der Waals surface area contributed by atoms with Gasteiger partial charge in [-0.1, -0.05) is 23.5 Å². The van der Waals surface area contributed by atoms with Crippen LogP contribution in [-0.2, 0) is 0 Å². The highest BCUT2D eigenvalue weighted by Gasteiger charge is 2.17. The minimum absolute atomic E-state index is 0.282. The van der Waals surface area contributed by atoms with Crippen LogP contribution in [0.3, 0.4) is 0 Å². The van der Waals surface area contributed by atoms with E-state index in [4.69, 9.17) is 0 Å². The van der Waals surface area contributed by atoms with Gasteiger partial charge < -0.3 is 10.6 Å². The third-order valence-electron chi connectivity index (χ3n) is 3.97. The Balaban J connectivity index is 1.68. The first kappa shape index (κ1) is 19.5. The summed E-state index contributed by atoms with van der Waals surface area (Å²) in [7, 11) is 0. The maximum atomic E-state index is 12.9. The van der Waals surface area contributed by atoms with Gasteiger partial charge in [-0.15, -0.1) is 0 Å². The number of amides is 3. The smallest absolute Gasteiger partial charge is 0.321 e. The van der Waals surface area contributed by atoms with Crippen LogP contribution in [-0.4, -0.2) is 16.9 Å². The number of aromatic nitrogens is 1. The van der Waals surface area contributed by atoms with Crippen molar-refractivity contribution in [3.05, 3.63) is 70.0 Å². The number of rotatable bonds is 4.